The molecular weight excluding hydrogens is 466 g/mol. The number of carbonyl (C=O) groups excluding carboxylic acids is 2. The second kappa shape index (κ2) is 16.0. The van der Waals surface area contributed by atoms with E-state index in [2.05, 4.69) is 31.4 Å². The average Bonchev–Trinajstić information content (AvgIpc) is 2.89. The Labute approximate surface area is 222 Å². The van der Waals surface area contributed by atoms with Gasteiger partial charge < -0.3 is 26.2 Å². The maximum Gasteiger partial charge on any atom is 0.337 e. The molecule has 2 aromatic rings. The van der Waals surface area contributed by atoms with Crippen LogP contribution in [0.5, 0.6) is 5.75 Å². The van der Waals surface area contributed by atoms with Crippen LogP contribution in [0.15, 0.2) is 48.5 Å². The maximum atomic E-state index is 13.3. The molecule has 0 saturated heterocycles. The van der Waals surface area contributed by atoms with Gasteiger partial charge in [-0.25, -0.2) is 4.79 Å². The number of aryl methyl sites for hydroxylation is 1. The van der Waals surface area contributed by atoms with Crippen molar-refractivity contribution in [3.05, 3.63) is 65.2 Å². The molecule has 5 N–H and O–H groups in total. The van der Waals surface area contributed by atoms with Gasteiger partial charge in [-0.2, -0.15) is 0 Å². The van der Waals surface area contributed by atoms with Crippen molar-refractivity contribution in [2.24, 2.45) is 11.7 Å². The molecule has 0 aliphatic carbocycles. The molecule has 2 rings (SSSR count). The Hall–Kier alpha value is -2.90. The summed E-state index contributed by atoms with van der Waals surface area (Å²) in [6, 6.07) is 14.1. The molecule has 0 fully saturated rings. The predicted octanol–water partition coefficient (Wildman–Crippen LogP) is 4.36. The van der Waals surface area contributed by atoms with E-state index in [-0.39, 0.29) is 29.7 Å². The number of methoxy groups -OCH3 is 1. The molecule has 2 aromatic carbocycles. The van der Waals surface area contributed by atoms with Crippen molar-refractivity contribution in [2.45, 2.75) is 83.8 Å². The van der Waals surface area contributed by atoms with E-state index >= 15 is 0 Å². The number of esters is 1. The number of aromatic hydroxyl groups is 1. The lowest BCUT2D eigenvalue weighted by Gasteiger charge is -2.27. The Morgan fingerprint density at radius 1 is 1.00 bits per heavy atom. The number of amides is 1. The molecule has 7 heteroatoms. The lowest BCUT2D eigenvalue weighted by molar-refractivity contribution is -0.123. The molecule has 0 aliphatic heterocycles. The van der Waals surface area contributed by atoms with Crippen LogP contribution in [0.25, 0.3) is 0 Å². The van der Waals surface area contributed by atoms with E-state index in [9.17, 15) is 14.7 Å². The van der Waals surface area contributed by atoms with Crippen LogP contribution in [0, 0.1) is 5.92 Å². The van der Waals surface area contributed by atoms with Gasteiger partial charge in [0, 0.05) is 18.6 Å². The number of nitrogens with two attached hydrogens (primary N) is 1. The van der Waals surface area contributed by atoms with Gasteiger partial charge in [0.15, 0.2) is 0 Å². The van der Waals surface area contributed by atoms with Crippen molar-refractivity contribution in [2.75, 3.05) is 13.7 Å². The molecule has 0 aromatic heterocycles. The number of ether oxygens (including phenoxy) is 1. The summed E-state index contributed by atoms with van der Waals surface area (Å²) in [5, 5.41) is 16.4. The van der Waals surface area contributed by atoms with Gasteiger partial charge in [-0.1, -0.05) is 57.9 Å². The first-order chi connectivity index (χ1) is 17.7. The Kier molecular flexibility index (Phi) is 13.2. The highest BCUT2D eigenvalue weighted by Crippen LogP contribution is 2.16. The van der Waals surface area contributed by atoms with Crippen molar-refractivity contribution in [3.63, 3.8) is 0 Å². The number of carbonyl (C=O) groups is 2. The minimum absolute atomic E-state index is 0.0577. The topological polar surface area (TPSA) is 114 Å². The molecule has 0 spiro atoms. The number of hydrogen-bond acceptors (Lipinski definition) is 6. The van der Waals surface area contributed by atoms with Gasteiger partial charge in [0.2, 0.25) is 5.91 Å². The highest BCUT2D eigenvalue weighted by Gasteiger charge is 2.24. The molecule has 3 atom stereocenters. The zero-order chi connectivity index (χ0) is 27.2. The molecule has 0 saturated carbocycles. The van der Waals surface area contributed by atoms with E-state index in [1.54, 1.807) is 24.3 Å². The van der Waals surface area contributed by atoms with E-state index in [0.717, 1.165) is 49.7 Å². The monoisotopic (exact) mass is 511 g/mol. The van der Waals surface area contributed by atoms with Crippen molar-refractivity contribution in [1.82, 2.24) is 10.6 Å². The Bertz CT molecular complexity index is 944. The van der Waals surface area contributed by atoms with Gasteiger partial charge in [-0.3, -0.25) is 4.79 Å². The smallest absolute Gasteiger partial charge is 0.337 e. The SMILES string of the molecule is CCCC[C@H](N)CNC(=O)[C@H](Cc1ccc(O)cc1)N[C@H](CCc1ccc(C(=O)OC)cc1)CC(C)C. The fourth-order valence-corrected chi connectivity index (χ4v) is 4.41. The molecule has 0 bridgehead atoms. The molecular formula is C30H45N3O4. The summed E-state index contributed by atoms with van der Waals surface area (Å²) in [6.45, 7) is 6.95. The lowest BCUT2D eigenvalue weighted by atomic mass is 9.95. The van der Waals surface area contributed by atoms with Gasteiger partial charge in [0.25, 0.3) is 0 Å². The van der Waals surface area contributed by atoms with Crippen molar-refractivity contribution in [3.8, 4) is 5.75 Å². The number of hydrogen-bond donors (Lipinski definition) is 4. The standard InChI is InChI=1S/C30H45N3O4/c1-5-6-7-25(31)20-32-29(35)28(19-23-11-16-27(34)17-12-23)33-26(18-21(2)3)15-10-22-8-13-24(14-9-22)30(36)37-4/h8-9,11-14,16-17,21,25-26,28,33-34H,5-7,10,15,18-20,31H2,1-4H3,(H,32,35)/t25-,26+,28-/m0/s1. The summed E-state index contributed by atoms with van der Waals surface area (Å²) in [5.41, 5.74) is 8.84. The van der Waals surface area contributed by atoms with Crippen LogP contribution in [0.2, 0.25) is 0 Å². The number of phenolic OH excluding ortho intramolecular Hbond substituents is 1. The van der Waals surface area contributed by atoms with Crippen LogP contribution in [-0.4, -0.2) is 48.8 Å². The van der Waals surface area contributed by atoms with Crippen LogP contribution < -0.4 is 16.4 Å². The predicted molar refractivity (Wildman–Crippen MR) is 149 cm³/mol. The Morgan fingerprint density at radius 2 is 1.65 bits per heavy atom. The van der Waals surface area contributed by atoms with Crippen molar-refractivity contribution >= 4 is 11.9 Å². The first-order valence-corrected chi connectivity index (χ1v) is 13.5. The molecule has 37 heavy (non-hydrogen) atoms. The van der Waals surface area contributed by atoms with Gasteiger partial charge in [0.05, 0.1) is 18.7 Å². The summed E-state index contributed by atoms with van der Waals surface area (Å²) in [7, 11) is 1.38. The first-order valence-electron chi connectivity index (χ1n) is 13.5. The average molecular weight is 512 g/mol. The Morgan fingerprint density at radius 3 is 2.24 bits per heavy atom. The number of rotatable bonds is 16. The normalized spacial score (nSPS) is 13.7. The van der Waals surface area contributed by atoms with Gasteiger partial charge in [-0.05, 0) is 73.4 Å². The van der Waals surface area contributed by atoms with E-state index in [1.165, 1.54) is 7.11 Å². The molecule has 0 unspecified atom stereocenters. The van der Waals surface area contributed by atoms with Gasteiger partial charge in [0.1, 0.15) is 5.75 Å². The minimum atomic E-state index is -0.423. The fourth-order valence-electron chi connectivity index (χ4n) is 4.41. The van der Waals surface area contributed by atoms with E-state index in [4.69, 9.17) is 10.5 Å². The third-order valence-corrected chi connectivity index (χ3v) is 6.51. The quantitative estimate of drug-likeness (QED) is 0.249. The highest BCUT2D eigenvalue weighted by atomic mass is 16.5. The molecule has 1 amide bonds. The van der Waals surface area contributed by atoms with Crippen LogP contribution >= 0.6 is 0 Å². The third-order valence-electron chi connectivity index (χ3n) is 6.51. The minimum Gasteiger partial charge on any atom is -0.508 e. The molecule has 204 valence electrons. The zero-order valence-electron chi connectivity index (χ0n) is 22.8. The van der Waals surface area contributed by atoms with Crippen LogP contribution in [0.3, 0.4) is 0 Å². The summed E-state index contributed by atoms with van der Waals surface area (Å²) < 4.78 is 4.78. The maximum absolute atomic E-state index is 13.3. The molecule has 0 heterocycles. The summed E-state index contributed by atoms with van der Waals surface area (Å²) in [6.07, 6.45) is 6.12. The fraction of sp³-hybridized carbons (Fsp3) is 0.533. The first kappa shape index (κ1) is 30.3. The lowest BCUT2D eigenvalue weighted by Crippen LogP contribution is -2.51. The zero-order valence-corrected chi connectivity index (χ0v) is 22.8. The summed E-state index contributed by atoms with van der Waals surface area (Å²) in [5.74, 6) is 0.258. The van der Waals surface area contributed by atoms with E-state index in [1.807, 2.05) is 24.3 Å². The van der Waals surface area contributed by atoms with Crippen molar-refractivity contribution in [1.29, 1.82) is 0 Å². The Balaban J connectivity index is 2.11. The van der Waals surface area contributed by atoms with Gasteiger partial charge in [-0.15, -0.1) is 0 Å². The van der Waals surface area contributed by atoms with Crippen LogP contribution in [0.1, 0.15) is 74.4 Å². The molecule has 0 radical (unpaired) electrons. The van der Waals surface area contributed by atoms with Crippen LogP contribution in [0.4, 0.5) is 0 Å². The second-order valence-corrected chi connectivity index (χ2v) is 10.3. The number of benzene rings is 2. The number of nitrogens with one attached hydrogen (secondary N) is 2. The second-order valence-electron chi connectivity index (χ2n) is 10.3. The van der Waals surface area contributed by atoms with Crippen molar-refractivity contribution < 1.29 is 19.4 Å². The number of phenols is 1. The van der Waals surface area contributed by atoms with E-state index < -0.39 is 6.04 Å². The largest absolute Gasteiger partial charge is 0.508 e. The van der Waals surface area contributed by atoms with Gasteiger partial charge >= 0.3 is 5.97 Å². The third kappa shape index (κ3) is 11.4. The highest BCUT2D eigenvalue weighted by molar-refractivity contribution is 5.89. The van der Waals surface area contributed by atoms with Crippen LogP contribution in [-0.2, 0) is 22.4 Å². The van der Waals surface area contributed by atoms with E-state index in [0.29, 0.717) is 24.4 Å². The summed E-state index contributed by atoms with van der Waals surface area (Å²) in [4.78, 5) is 25.0. The molecule has 7 nitrogen and oxygen atoms in total. The number of unbranched alkanes of at least 4 members (excludes halogenated alkanes) is 1. The molecule has 0 aliphatic rings. The summed E-state index contributed by atoms with van der Waals surface area (Å²) >= 11 is 0.